The monoisotopic (exact) mass is 673 g/mol. The molecular weight excluding hydrogens is 615 g/mol. The van der Waals surface area contributed by atoms with Crippen LogP contribution in [0, 0.1) is 17.8 Å². The van der Waals surface area contributed by atoms with Gasteiger partial charge in [-0.15, -0.1) is 0 Å². The molecule has 1 amide bonds. The van der Waals surface area contributed by atoms with Crippen LogP contribution in [0.5, 0.6) is 0 Å². The number of fused-ring (bicyclic) bond motifs is 1. The van der Waals surface area contributed by atoms with E-state index in [-0.39, 0.29) is 23.7 Å². The third kappa shape index (κ3) is 10.4. The number of unbranched alkanes of at least 4 members (excludes halogenated alkanes) is 1. The molecule has 260 valence electrons. The molecule has 0 bridgehead atoms. The van der Waals surface area contributed by atoms with Gasteiger partial charge >= 0.3 is 0 Å². The number of hydrogen-bond acceptors (Lipinski definition) is 7. The second-order valence-electron chi connectivity index (χ2n) is 14.1. The number of morpholine rings is 1. The standard InChI is InChI=1S/C32H59N5O6S2/c1-24(2)22-37(45(41,42)28-13-11-25(3)12-14-28)27(23-38)8-6-7-15-33-32(39)31(35-44(40)36-16-18-43-19-17-36)20-26-21-34-30-10-5-4-9-29(26)30/h21,24-25,27-31,34-35,38H,4-20,22-23H2,1-3H3,(H,33,39)/t25?,27-,28?,29?,30?,31-,44?/m0/s1. The molecule has 4 N–H and O–H groups in total. The van der Waals surface area contributed by atoms with E-state index >= 15 is 0 Å². The molecule has 3 fully saturated rings. The number of nitrogens with one attached hydrogen (secondary N) is 3. The fraction of sp³-hybridized carbons (Fsp3) is 0.906. The summed E-state index contributed by atoms with van der Waals surface area (Å²) in [5, 5.41) is 16.5. The molecule has 2 aliphatic carbocycles. The predicted molar refractivity (Wildman–Crippen MR) is 179 cm³/mol. The van der Waals surface area contributed by atoms with Crippen molar-refractivity contribution in [3.8, 4) is 0 Å². The zero-order valence-electron chi connectivity index (χ0n) is 27.8. The summed E-state index contributed by atoms with van der Waals surface area (Å²) in [6, 6.07) is -0.664. The highest BCUT2D eigenvalue weighted by Crippen LogP contribution is 2.36. The molecule has 1 saturated heterocycles. The summed E-state index contributed by atoms with van der Waals surface area (Å²) in [5.74, 6) is 0.956. The molecule has 0 spiro atoms. The normalized spacial score (nSPS) is 28.3. The number of carbonyl (C=O) groups is 1. The number of rotatable bonds is 17. The first-order valence-corrected chi connectivity index (χ1v) is 20.1. The molecule has 0 radical (unpaired) electrons. The number of sulfonamides is 1. The summed E-state index contributed by atoms with van der Waals surface area (Å²) >= 11 is -1.50. The molecule has 5 atom stereocenters. The number of aliphatic hydroxyl groups excluding tert-OH is 1. The Morgan fingerprint density at radius 3 is 2.53 bits per heavy atom. The van der Waals surface area contributed by atoms with Gasteiger partial charge in [-0.05, 0) is 81.4 Å². The van der Waals surface area contributed by atoms with E-state index in [1.54, 1.807) is 4.31 Å². The Balaban J connectivity index is 1.31. The largest absolute Gasteiger partial charge is 0.395 e. The molecule has 2 aliphatic heterocycles. The van der Waals surface area contributed by atoms with Gasteiger partial charge < -0.3 is 20.5 Å². The number of carbonyl (C=O) groups excluding carboxylic acids is 1. The first-order valence-electron chi connectivity index (χ1n) is 17.4. The highest BCUT2D eigenvalue weighted by atomic mass is 32.2. The summed E-state index contributed by atoms with van der Waals surface area (Å²) in [5.41, 5.74) is 1.22. The predicted octanol–water partition coefficient (Wildman–Crippen LogP) is 2.81. The Labute approximate surface area is 274 Å². The molecule has 3 unspecified atom stereocenters. The van der Waals surface area contributed by atoms with Crippen LogP contribution < -0.4 is 15.4 Å². The maximum Gasteiger partial charge on any atom is 0.238 e. The van der Waals surface area contributed by atoms with Gasteiger partial charge in [0.15, 0.2) is 11.2 Å². The average molecular weight is 674 g/mol. The maximum absolute atomic E-state index is 13.7. The third-order valence-corrected chi connectivity index (χ3v) is 13.8. The van der Waals surface area contributed by atoms with E-state index in [1.165, 1.54) is 18.4 Å². The lowest BCUT2D eigenvalue weighted by molar-refractivity contribution is -0.122. The minimum Gasteiger partial charge on any atom is -0.395 e. The lowest BCUT2D eigenvalue weighted by Crippen LogP contribution is -2.51. The second-order valence-corrected chi connectivity index (χ2v) is 17.5. The molecule has 45 heavy (non-hydrogen) atoms. The smallest absolute Gasteiger partial charge is 0.238 e. The van der Waals surface area contributed by atoms with Crippen LogP contribution >= 0.6 is 0 Å². The highest BCUT2D eigenvalue weighted by Gasteiger charge is 2.38. The molecule has 0 aromatic heterocycles. The molecule has 11 nitrogen and oxygen atoms in total. The maximum atomic E-state index is 13.7. The topological polar surface area (TPSA) is 140 Å². The van der Waals surface area contributed by atoms with Crippen LogP contribution in [-0.4, -0.2) is 102 Å². The molecular formula is C32H59N5O6S2. The number of nitrogens with zero attached hydrogens (tertiary/aromatic N) is 2. The van der Waals surface area contributed by atoms with Crippen LogP contribution in [0.4, 0.5) is 0 Å². The average Bonchev–Trinajstić information content (AvgIpc) is 3.44. The minimum absolute atomic E-state index is 0.150. The van der Waals surface area contributed by atoms with E-state index < -0.39 is 33.3 Å². The number of aliphatic hydroxyl groups is 1. The highest BCUT2D eigenvalue weighted by molar-refractivity contribution is 7.89. The summed E-state index contributed by atoms with van der Waals surface area (Å²) in [7, 11) is -3.52. The molecule has 4 rings (SSSR count). The van der Waals surface area contributed by atoms with Gasteiger partial charge in [-0.3, -0.25) is 4.79 Å². The Hall–Kier alpha value is -1.09. The number of amides is 1. The Kier molecular flexibility index (Phi) is 14.6. The van der Waals surface area contributed by atoms with Gasteiger partial charge in [0.05, 0.1) is 25.1 Å². The zero-order valence-corrected chi connectivity index (χ0v) is 29.4. The minimum atomic E-state index is -3.52. The third-order valence-electron chi connectivity index (χ3n) is 10.1. The van der Waals surface area contributed by atoms with Gasteiger partial charge in [0.2, 0.25) is 15.9 Å². The second kappa shape index (κ2) is 17.9. The van der Waals surface area contributed by atoms with Crippen LogP contribution in [0.3, 0.4) is 0 Å². The molecule has 2 heterocycles. The molecule has 0 aromatic rings. The Bertz CT molecular complexity index is 1090. The SMILES string of the molecule is CC(C)CN([C@H](CO)CCCCNC(=O)[C@H](CC1=CNC2CCCCC12)NS(=O)N1CCOCC1)S(=O)(=O)C1CCC(C)CC1. The summed E-state index contributed by atoms with van der Waals surface area (Å²) in [6.07, 6.45) is 12.3. The van der Waals surface area contributed by atoms with Crippen molar-refractivity contribution < 1.29 is 27.3 Å². The van der Waals surface area contributed by atoms with Crippen molar-refractivity contribution in [3.05, 3.63) is 11.8 Å². The van der Waals surface area contributed by atoms with Crippen LogP contribution in [0.1, 0.15) is 97.8 Å². The van der Waals surface area contributed by atoms with E-state index in [9.17, 15) is 22.5 Å². The molecule has 2 saturated carbocycles. The van der Waals surface area contributed by atoms with Gasteiger partial charge in [-0.25, -0.2) is 21.7 Å². The summed E-state index contributed by atoms with van der Waals surface area (Å²) in [6.45, 7) is 8.97. The van der Waals surface area contributed by atoms with Gasteiger partial charge in [0.25, 0.3) is 0 Å². The fourth-order valence-electron chi connectivity index (χ4n) is 7.34. The van der Waals surface area contributed by atoms with Gasteiger partial charge in [-0.1, -0.05) is 40.0 Å². The van der Waals surface area contributed by atoms with E-state index in [1.807, 2.05) is 18.2 Å². The Morgan fingerprint density at radius 2 is 1.84 bits per heavy atom. The molecule has 13 heteroatoms. The van der Waals surface area contributed by atoms with E-state index in [0.29, 0.717) is 95.8 Å². The van der Waals surface area contributed by atoms with E-state index in [4.69, 9.17) is 4.74 Å². The number of hydrogen-bond donors (Lipinski definition) is 4. The summed E-state index contributed by atoms with van der Waals surface area (Å²) in [4.78, 5) is 13.5. The van der Waals surface area contributed by atoms with Crippen molar-refractivity contribution in [3.63, 3.8) is 0 Å². The van der Waals surface area contributed by atoms with Crippen molar-refractivity contribution in [2.24, 2.45) is 17.8 Å². The van der Waals surface area contributed by atoms with Crippen LogP contribution in [-0.2, 0) is 30.7 Å². The molecule has 4 aliphatic rings. The zero-order chi connectivity index (χ0) is 32.4. The quantitative estimate of drug-likeness (QED) is 0.174. The van der Waals surface area contributed by atoms with E-state index in [2.05, 4.69) is 28.5 Å². The van der Waals surface area contributed by atoms with Gasteiger partial charge in [0, 0.05) is 44.2 Å². The van der Waals surface area contributed by atoms with Crippen LogP contribution in [0.2, 0.25) is 0 Å². The first kappa shape index (κ1) is 36.7. The van der Waals surface area contributed by atoms with Crippen molar-refractivity contribution in [1.82, 2.24) is 24.0 Å². The van der Waals surface area contributed by atoms with Crippen molar-refractivity contribution in [2.75, 3.05) is 46.0 Å². The summed E-state index contributed by atoms with van der Waals surface area (Å²) < 4.78 is 52.5. The fourth-order valence-corrected chi connectivity index (χ4v) is 10.8. The van der Waals surface area contributed by atoms with E-state index in [0.717, 1.165) is 25.7 Å². The Morgan fingerprint density at radius 1 is 1.13 bits per heavy atom. The van der Waals surface area contributed by atoms with Gasteiger partial charge in [-0.2, -0.15) is 4.31 Å². The van der Waals surface area contributed by atoms with Crippen molar-refractivity contribution >= 4 is 27.1 Å². The van der Waals surface area contributed by atoms with Gasteiger partial charge in [0.1, 0.15) is 6.04 Å². The first-order chi connectivity index (χ1) is 21.6. The molecule has 0 aromatic carbocycles. The van der Waals surface area contributed by atoms with Crippen LogP contribution in [0.15, 0.2) is 11.8 Å². The van der Waals surface area contributed by atoms with Crippen LogP contribution in [0.25, 0.3) is 0 Å². The van der Waals surface area contributed by atoms with Crippen molar-refractivity contribution in [2.45, 2.75) is 121 Å². The van der Waals surface area contributed by atoms with Crippen molar-refractivity contribution in [1.29, 1.82) is 0 Å². The lowest BCUT2D eigenvalue weighted by Gasteiger charge is -2.36. The lowest BCUT2D eigenvalue weighted by atomic mass is 9.80. The number of ether oxygens (including phenoxy) is 1.